The maximum atomic E-state index is 12.6. The number of carbonyl (C=O) groups excluding carboxylic acids is 1. The van der Waals surface area contributed by atoms with Crippen LogP contribution in [0.1, 0.15) is 60.9 Å². The van der Waals surface area contributed by atoms with Crippen molar-refractivity contribution in [2.75, 3.05) is 13.7 Å². The molecule has 0 spiro atoms. The normalized spacial score (nSPS) is 23.3. The fraction of sp³-hybridized carbons (Fsp3) is 0.636. The Bertz CT molecular complexity index is 730. The summed E-state index contributed by atoms with van der Waals surface area (Å²) in [4.78, 5) is 25.8. The minimum absolute atomic E-state index is 0.0781. The molecule has 0 unspecified atom stereocenters. The first-order chi connectivity index (χ1) is 13.9. The molecule has 2 aliphatic carbocycles. The lowest BCUT2D eigenvalue weighted by molar-refractivity contribution is -0.136. The van der Waals surface area contributed by atoms with Gasteiger partial charge in [0.2, 0.25) is 5.91 Å². The third kappa shape index (κ3) is 5.30. The Morgan fingerprint density at radius 3 is 2.52 bits per heavy atom. The van der Waals surface area contributed by atoms with Gasteiger partial charge in [-0.15, -0.1) is 0 Å². The van der Waals surface area contributed by atoms with Crippen LogP contribution in [-0.4, -0.2) is 47.6 Å². The van der Waals surface area contributed by atoms with E-state index in [9.17, 15) is 14.7 Å². The van der Waals surface area contributed by atoms with Gasteiger partial charge in [0.15, 0.2) is 0 Å². The molecule has 0 heterocycles. The van der Waals surface area contributed by atoms with Gasteiger partial charge in [-0.1, -0.05) is 17.7 Å². The molecule has 3 rings (SSSR count). The molecule has 0 saturated heterocycles. The molecule has 1 atom stereocenters. The molecule has 3 N–H and O–H groups in total. The second-order valence-electron chi connectivity index (χ2n) is 8.43. The number of ether oxygens (including phenoxy) is 1. The topological polar surface area (TPSA) is 92.9 Å². The number of halogens is 1. The van der Waals surface area contributed by atoms with Crippen LogP contribution in [0, 0.1) is 11.8 Å². The van der Waals surface area contributed by atoms with Gasteiger partial charge in [-0.2, -0.15) is 0 Å². The highest BCUT2D eigenvalue weighted by atomic mass is 35.5. The van der Waals surface area contributed by atoms with Crippen molar-refractivity contribution in [3.63, 3.8) is 0 Å². The van der Waals surface area contributed by atoms with E-state index < -0.39 is 12.0 Å². The van der Waals surface area contributed by atoms with Crippen LogP contribution in [0.3, 0.4) is 0 Å². The minimum atomic E-state index is -1.00. The number of rotatable bonds is 8. The molecule has 0 bridgehead atoms. The highest BCUT2D eigenvalue weighted by Gasteiger charge is 2.34. The molecule has 6 nitrogen and oxygen atoms in total. The third-order valence-corrected chi connectivity index (χ3v) is 6.96. The Balaban J connectivity index is 1.43. The Morgan fingerprint density at radius 2 is 1.93 bits per heavy atom. The van der Waals surface area contributed by atoms with Crippen LogP contribution >= 0.6 is 11.6 Å². The molecular formula is C22H31ClN2O4. The number of nitrogens with two attached hydrogens (primary N) is 1. The lowest BCUT2D eigenvalue weighted by atomic mass is 9.78. The van der Waals surface area contributed by atoms with E-state index in [1.165, 1.54) is 12.5 Å². The molecular weight excluding hydrogens is 392 g/mol. The number of likely N-dealkylation sites (N-methyl/N-ethyl adjacent to an activating group) is 1. The fourth-order valence-electron chi connectivity index (χ4n) is 4.34. The molecule has 29 heavy (non-hydrogen) atoms. The van der Waals surface area contributed by atoms with Crippen LogP contribution in [0.5, 0.6) is 0 Å². The smallest absolute Gasteiger partial charge is 0.336 e. The molecule has 1 aromatic rings. The van der Waals surface area contributed by atoms with Crippen LogP contribution in [-0.2, 0) is 16.1 Å². The average Bonchev–Trinajstić information content (AvgIpc) is 2.67. The molecule has 2 saturated carbocycles. The standard InChI is InChI=1S/C22H31ClN2O4/c1-25(16-4-2-5-16)21(26)20(24)15-10-8-14(9-11-15)12-29-13-18-17(22(27)28)6-3-7-19(18)23/h3,6-7,14-16,20H,2,4-5,8-13,24H2,1H3,(H,27,28)/t14?,15?,20-/m0/s1. The molecule has 160 valence electrons. The van der Waals surface area contributed by atoms with E-state index in [2.05, 4.69) is 0 Å². The first kappa shape index (κ1) is 22.1. The second kappa shape index (κ2) is 9.92. The Hall–Kier alpha value is -1.63. The van der Waals surface area contributed by atoms with Crippen molar-refractivity contribution in [1.29, 1.82) is 0 Å². The predicted octanol–water partition coefficient (Wildman–Crippen LogP) is 3.70. The lowest BCUT2D eigenvalue weighted by Crippen LogP contribution is -2.52. The van der Waals surface area contributed by atoms with E-state index in [0.29, 0.717) is 29.2 Å². The van der Waals surface area contributed by atoms with Gasteiger partial charge >= 0.3 is 5.97 Å². The van der Waals surface area contributed by atoms with Gasteiger partial charge < -0.3 is 20.5 Å². The van der Waals surface area contributed by atoms with E-state index in [0.717, 1.165) is 38.5 Å². The number of aromatic carboxylic acids is 1. The van der Waals surface area contributed by atoms with Gasteiger partial charge in [0.05, 0.1) is 18.2 Å². The van der Waals surface area contributed by atoms with Crippen molar-refractivity contribution in [3.05, 3.63) is 34.3 Å². The molecule has 1 aromatic carbocycles. The van der Waals surface area contributed by atoms with Gasteiger partial charge in [-0.25, -0.2) is 4.79 Å². The van der Waals surface area contributed by atoms with Gasteiger partial charge in [0.25, 0.3) is 0 Å². The van der Waals surface area contributed by atoms with E-state index in [4.69, 9.17) is 22.1 Å². The minimum Gasteiger partial charge on any atom is -0.478 e. The molecule has 0 aliphatic heterocycles. The summed E-state index contributed by atoms with van der Waals surface area (Å²) in [5.74, 6) is -0.302. The molecule has 7 heteroatoms. The van der Waals surface area contributed by atoms with Gasteiger partial charge in [0, 0.05) is 30.3 Å². The van der Waals surface area contributed by atoms with E-state index in [1.54, 1.807) is 12.1 Å². The van der Waals surface area contributed by atoms with Crippen LogP contribution in [0.4, 0.5) is 0 Å². The number of carboxylic acid groups (broad SMARTS) is 1. The van der Waals surface area contributed by atoms with E-state index >= 15 is 0 Å². The maximum absolute atomic E-state index is 12.6. The number of hydrogen-bond donors (Lipinski definition) is 2. The number of benzene rings is 1. The number of amides is 1. The summed E-state index contributed by atoms with van der Waals surface area (Å²) < 4.78 is 5.81. The van der Waals surface area contributed by atoms with Crippen molar-refractivity contribution in [2.24, 2.45) is 17.6 Å². The van der Waals surface area contributed by atoms with Gasteiger partial charge in [-0.05, 0) is 68.9 Å². The monoisotopic (exact) mass is 422 g/mol. The lowest BCUT2D eigenvalue weighted by Gasteiger charge is -2.38. The summed E-state index contributed by atoms with van der Waals surface area (Å²) in [5, 5.41) is 9.71. The Kier molecular flexibility index (Phi) is 7.55. The number of carboxylic acids is 1. The average molecular weight is 423 g/mol. The molecule has 1 amide bonds. The number of hydrogen-bond acceptors (Lipinski definition) is 4. The van der Waals surface area contributed by atoms with Crippen LogP contribution in [0.15, 0.2) is 18.2 Å². The maximum Gasteiger partial charge on any atom is 0.336 e. The van der Waals surface area contributed by atoms with Crippen molar-refractivity contribution in [3.8, 4) is 0 Å². The number of carbonyl (C=O) groups is 2. The van der Waals surface area contributed by atoms with Gasteiger partial charge in [0.1, 0.15) is 0 Å². The molecule has 0 aromatic heterocycles. The zero-order valence-electron chi connectivity index (χ0n) is 17.0. The van der Waals surface area contributed by atoms with Crippen molar-refractivity contribution < 1.29 is 19.4 Å². The van der Waals surface area contributed by atoms with E-state index in [-0.39, 0.29) is 24.0 Å². The Morgan fingerprint density at radius 1 is 1.24 bits per heavy atom. The summed E-state index contributed by atoms with van der Waals surface area (Å²) in [7, 11) is 1.88. The quantitative estimate of drug-likeness (QED) is 0.666. The second-order valence-corrected chi connectivity index (χ2v) is 8.83. The summed E-state index contributed by atoms with van der Waals surface area (Å²) in [6.07, 6.45) is 7.16. The highest BCUT2D eigenvalue weighted by molar-refractivity contribution is 6.31. The fourth-order valence-corrected chi connectivity index (χ4v) is 4.57. The number of nitrogens with zero attached hydrogens (tertiary/aromatic N) is 1. The molecule has 0 radical (unpaired) electrons. The first-order valence-corrected chi connectivity index (χ1v) is 10.9. The Labute approximate surface area is 177 Å². The third-order valence-electron chi connectivity index (χ3n) is 6.60. The zero-order chi connectivity index (χ0) is 21.0. The highest BCUT2D eigenvalue weighted by Crippen LogP contribution is 2.32. The van der Waals surface area contributed by atoms with Gasteiger partial charge in [-0.3, -0.25) is 4.79 Å². The molecule has 2 fully saturated rings. The predicted molar refractivity (Wildman–Crippen MR) is 112 cm³/mol. The summed E-state index contributed by atoms with van der Waals surface area (Å²) >= 11 is 6.15. The summed E-state index contributed by atoms with van der Waals surface area (Å²) in [5.41, 5.74) is 7.00. The SMILES string of the molecule is CN(C(=O)[C@@H](N)C1CCC(COCc2c(Cl)cccc2C(=O)O)CC1)C1CCC1. The van der Waals surface area contributed by atoms with E-state index in [1.807, 2.05) is 11.9 Å². The summed E-state index contributed by atoms with van der Waals surface area (Å²) in [6.45, 7) is 0.744. The summed E-state index contributed by atoms with van der Waals surface area (Å²) in [6, 6.07) is 4.81. The van der Waals surface area contributed by atoms with Crippen LogP contribution < -0.4 is 5.73 Å². The first-order valence-electron chi connectivity index (χ1n) is 10.5. The van der Waals surface area contributed by atoms with Crippen molar-refractivity contribution >= 4 is 23.5 Å². The van der Waals surface area contributed by atoms with Crippen LogP contribution in [0.2, 0.25) is 5.02 Å². The zero-order valence-corrected chi connectivity index (χ0v) is 17.7. The van der Waals surface area contributed by atoms with Crippen molar-refractivity contribution in [1.82, 2.24) is 4.90 Å². The van der Waals surface area contributed by atoms with Crippen molar-refractivity contribution in [2.45, 2.75) is 63.6 Å². The van der Waals surface area contributed by atoms with Crippen LogP contribution in [0.25, 0.3) is 0 Å². The molecule has 2 aliphatic rings. The largest absolute Gasteiger partial charge is 0.478 e.